The van der Waals surface area contributed by atoms with E-state index in [4.69, 9.17) is 10.2 Å². The molecule has 1 aromatic rings. The van der Waals surface area contributed by atoms with Crippen LogP contribution in [-0.2, 0) is 11.3 Å². The standard InChI is InChI=1S/C12H17N3O4/c1-8-2-3-9(6-13-8)7-14-12(19)15-10(4-5-16)11(17)18/h2-3,6,10,16H,4-5,7H2,1H3,(H,17,18)(H2,14,15,19). The predicted octanol–water partition coefficient (Wildman–Crippen LogP) is 0.0248. The van der Waals surface area contributed by atoms with Crippen molar-refractivity contribution in [2.75, 3.05) is 6.61 Å². The summed E-state index contributed by atoms with van der Waals surface area (Å²) in [5.41, 5.74) is 1.69. The van der Waals surface area contributed by atoms with Crippen LogP contribution in [0.3, 0.4) is 0 Å². The Bertz CT molecular complexity index is 433. The van der Waals surface area contributed by atoms with E-state index < -0.39 is 18.0 Å². The van der Waals surface area contributed by atoms with Gasteiger partial charge in [-0.2, -0.15) is 0 Å². The zero-order chi connectivity index (χ0) is 14.3. The van der Waals surface area contributed by atoms with Gasteiger partial charge < -0.3 is 20.8 Å². The van der Waals surface area contributed by atoms with Gasteiger partial charge in [0.15, 0.2) is 0 Å². The number of urea groups is 1. The fraction of sp³-hybridized carbons (Fsp3) is 0.417. The third kappa shape index (κ3) is 5.35. The van der Waals surface area contributed by atoms with Gasteiger partial charge in [0.1, 0.15) is 6.04 Å². The first-order chi connectivity index (χ1) is 9.02. The number of pyridine rings is 1. The number of aliphatic carboxylic acids is 1. The number of hydrogen-bond acceptors (Lipinski definition) is 4. The molecule has 0 bridgehead atoms. The molecule has 1 heterocycles. The number of aromatic nitrogens is 1. The van der Waals surface area contributed by atoms with E-state index in [1.807, 2.05) is 19.1 Å². The second kappa shape index (κ2) is 7.32. The van der Waals surface area contributed by atoms with E-state index >= 15 is 0 Å². The second-order valence-corrected chi connectivity index (χ2v) is 4.04. The van der Waals surface area contributed by atoms with Crippen molar-refractivity contribution in [1.29, 1.82) is 0 Å². The average molecular weight is 267 g/mol. The number of amides is 2. The van der Waals surface area contributed by atoms with Gasteiger partial charge in [-0.1, -0.05) is 6.07 Å². The van der Waals surface area contributed by atoms with Crippen molar-refractivity contribution >= 4 is 12.0 Å². The summed E-state index contributed by atoms with van der Waals surface area (Å²) >= 11 is 0. The van der Waals surface area contributed by atoms with Crippen molar-refractivity contribution < 1.29 is 19.8 Å². The van der Waals surface area contributed by atoms with Gasteiger partial charge in [-0.3, -0.25) is 4.98 Å². The van der Waals surface area contributed by atoms with Crippen molar-refractivity contribution in [3.8, 4) is 0 Å². The maximum absolute atomic E-state index is 11.5. The number of nitrogens with one attached hydrogen (secondary N) is 2. The van der Waals surface area contributed by atoms with Gasteiger partial charge >= 0.3 is 12.0 Å². The number of carboxylic acids is 1. The lowest BCUT2D eigenvalue weighted by Gasteiger charge is -2.13. The number of rotatable bonds is 6. The highest BCUT2D eigenvalue weighted by Crippen LogP contribution is 1.98. The van der Waals surface area contributed by atoms with Crippen molar-refractivity contribution in [2.45, 2.75) is 25.9 Å². The molecule has 0 fully saturated rings. The number of carboxylic acid groups (broad SMARTS) is 1. The summed E-state index contributed by atoms with van der Waals surface area (Å²) in [5.74, 6) is -1.18. The Balaban J connectivity index is 2.42. The molecule has 0 spiro atoms. The molecule has 0 radical (unpaired) electrons. The molecule has 0 aliphatic rings. The Morgan fingerprint density at radius 3 is 2.68 bits per heavy atom. The number of aryl methyl sites for hydroxylation is 1. The zero-order valence-electron chi connectivity index (χ0n) is 10.6. The smallest absolute Gasteiger partial charge is 0.326 e. The molecule has 1 rings (SSSR count). The number of carbonyl (C=O) groups excluding carboxylic acids is 1. The Labute approximate surface area is 110 Å². The van der Waals surface area contributed by atoms with Crippen LogP contribution in [0, 0.1) is 6.92 Å². The van der Waals surface area contributed by atoms with E-state index in [0.717, 1.165) is 11.3 Å². The van der Waals surface area contributed by atoms with E-state index in [0.29, 0.717) is 0 Å². The van der Waals surface area contributed by atoms with Crippen molar-refractivity contribution in [3.05, 3.63) is 29.6 Å². The average Bonchev–Trinajstić information content (AvgIpc) is 2.37. The van der Waals surface area contributed by atoms with Crippen LogP contribution in [0.25, 0.3) is 0 Å². The SMILES string of the molecule is Cc1ccc(CNC(=O)NC(CCO)C(=O)O)cn1. The molecule has 0 aliphatic heterocycles. The minimum atomic E-state index is -1.18. The highest BCUT2D eigenvalue weighted by molar-refractivity contribution is 5.82. The topological polar surface area (TPSA) is 112 Å². The Kier molecular flexibility index (Phi) is 5.74. The molecular weight excluding hydrogens is 250 g/mol. The summed E-state index contributed by atoms with van der Waals surface area (Å²) in [4.78, 5) is 26.3. The third-order valence-corrected chi connectivity index (χ3v) is 2.45. The van der Waals surface area contributed by atoms with E-state index in [9.17, 15) is 9.59 Å². The van der Waals surface area contributed by atoms with Gasteiger partial charge in [0.05, 0.1) is 0 Å². The van der Waals surface area contributed by atoms with Crippen molar-refractivity contribution in [2.24, 2.45) is 0 Å². The largest absolute Gasteiger partial charge is 0.480 e. The summed E-state index contributed by atoms with van der Waals surface area (Å²) in [7, 11) is 0. The Hall–Kier alpha value is -2.15. The molecule has 0 saturated carbocycles. The quantitative estimate of drug-likeness (QED) is 0.581. The lowest BCUT2D eigenvalue weighted by Crippen LogP contribution is -2.46. The molecular formula is C12H17N3O4. The zero-order valence-corrected chi connectivity index (χ0v) is 10.6. The van der Waals surface area contributed by atoms with Crippen molar-refractivity contribution in [3.63, 3.8) is 0 Å². The van der Waals surface area contributed by atoms with E-state index in [1.165, 1.54) is 0 Å². The molecule has 1 unspecified atom stereocenters. The molecule has 1 atom stereocenters. The summed E-state index contributed by atoms with van der Waals surface area (Å²) < 4.78 is 0. The van der Waals surface area contributed by atoms with Crippen LogP contribution in [0.2, 0.25) is 0 Å². The molecule has 7 heteroatoms. The lowest BCUT2D eigenvalue weighted by atomic mass is 10.2. The maximum atomic E-state index is 11.5. The summed E-state index contributed by atoms with van der Waals surface area (Å²) in [6.45, 7) is 1.81. The van der Waals surface area contributed by atoms with Crippen LogP contribution < -0.4 is 10.6 Å². The monoisotopic (exact) mass is 267 g/mol. The number of aliphatic hydroxyl groups excluding tert-OH is 1. The first-order valence-electron chi connectivity index (χ1n) is 5.82. The number of aliphatic hydroxyl groups is 1. The third-order valence-electron chi connectivity index (χ3n) is 2.45. The van der Waals surface area contributed by atoms with E-state index in [2.05, 4.69) is 15.6 Å². The van der Waals surface area contributed by atoms with E-state index in [1.54, 1.807) is 6.20 Å². The fourth-order valence-electron chi connectivity index (χ4n) is 1.38. The molecule has 0 saturated heterocycles. The van der Waals surface area contributed by atoms with Gasteiger partial charge in [0, 0.05) is 31.5 Å². The van der Waals surface area contributed by atoms with Gasteiger partial charge in [-0.25, -0.2) is 9.59 Å². The molecule has 2 amide bonds. The first-order valence-corrected chi connectivity index (χ1v) is 5.82. The van der Waals surface area contributed by atoms with Crippen LogP contribution >= 0.6 is 0 Å². The van der Waals surface area contributed by atoms with Crippen LogP contribution in [0.4, 0.5) is 4.79 Å². The van der Waals surface area contributed by atoms with Crippen LogP contribution in [0.15, 0.2) is 18.3 Å². The van der Waals surface area contributed by atoms with Crippen LogP contribution in [0.5, 0.6) is 0 Å². The maximum Gasteiger partial charge on any atom is 0.326 e. The molecule has 4 N–H and O–H groups in total. The number of carbonyl (C=O) groups is 2. The summed E-state index contributed by atoms with van der Waals surface area (Å²) in [5, 5.41) is 22.3. The number of hydrogen-bond donors (Lipinski definition) is 4. The first kappa shape index (κ1) is 14.9. The normalized spacial score (nSPS) is 11.7. The van der Waals surface area contributed by atoms with Gasteiger partial charge in [-0.15, -0.1) is 0 Å². The molecule has 0 aliphatic carbocycles. The highest BCUT2D eigenvalue weighted by atomic mass is 16.4. The summed E-state index contributed by atoms with van der Waals surface area (Å²) in [6.07, 6.45) is 1.60. The summed E-state index contributed by atoms with van der Waals surface area (Å²) in [6, 6.07) is 1.95. The minimum Gasteiger partial charge on any atom is -0.480 e. The van der Waals surface area contributed by atoms with Crippen molar-refractivity contribution in [1.82, 2.24) is 15.6 Å². The highest BCUT2D eigenvalue weighted by Gasteiger charge is 2.18. The predicted molar refractivity (Wildman–Crippen MR) is 67.5 cm³/mol. The van der Waals surface area contributed by atoms with Gasteiger partial charge in [0.25, 0.3) is 0 Å². The van der Waals surface area contributed by atoms with Crippen LogP contribution in [-0.4, -0.2) is 39.8 Å². The van der Waals surface area contributed by atoms with Gasteiger partial charge in [0.2, 0.25) is 0 Å². The molecule has 0 aromatic carbocycles. The lowest BCUT2D eigenvalue weighted by molar-refractivity contribution is -0.139. The van der Waals surface area contributed by atoms with Gasteiger partial charge in [-0.05, 0) is 18.6 Å². The Morgan fingerprint density at radius 2 is 2.16 bits per heavy atom. The van der Waals surface area contributed by atoms with Crippen LogP contribution in [0.1, 0.15) is 17.7 Å². The van der Waals surface area contributed by atoms with E-state index in [-0.39, 0.29) is 19.6 Å². The molecule has 104 valence electrons. The Morgan fingerprint density at radius 1 is 1.42 bits per heavy atom. The minimum absolute atomic E-state index is 0.0329. The fourth-order valence-corrected chi connectivity index (χ4v) is 1.38. The molecule has 7 nitrogen and oxygen atoms in total. The second-order valence-electron chi connectivity index (χ2n) is 4.04. The number of nitrogens with zero attached hydrogens (tertiary/aromatic N) is 1. The molecule has 1 aromatic heterocycles. The molecule has 19 heavy (non-hydrogen) atoms.